The molecule has 0 N–H and O–H groups in total. The molecule has 0 bridgehead atoms. The minimum Gasteiger partial charge on any atom is -0.350 e. The Bertz CT molecular complexity index is 995. The van der Waals surface area contributed by atoms with Gasteiger partial charge in [0, 0.05) is 12.6 Å². The average Bonchev–Trinajstić information content (AvgIpc) is 3.34. The fourth-order valence-corrected chi connectivity index (χ4v) is 4.90. The van der Waals surface area contributed by atoms with E-state index in [0.717, 1.165) is 65.9 Å². The minimum absolute atomic E-state index is 0.0245. The molecule has 5 rings (SSSR count). The summed E-state index contributed by atoms with van der Waals surface area (Å²) in [5, 5.41) is 6.70. The van der Waals surface area contributed by atoms with Crippen molar-refractivity contribution in [2.75, 3.05) is 11.4 Å². The van der Waals surface area contributed by atoms with Crippen LogP contribution in [0.5, 0.6) is 0 Å². The standard InChI is InChI=1S/C18H19N5OS/c24-16-9-12-3-1-5-14(12)21-23(16)10-13-4-2-7-22(13)18-17-15(6-8-25-17)19-11-20-18/h6,8-9,11,13H,1-5,7,10H2. The Morgan fingerprint density at radius 3 is 3.16 bits per heavy atom. The van der Waals surface area contributed by atoms with Crippen molar-refractivity contribution >= 4 is 27.4 Å². The van der Waals surface area contributed by atoms with Crippen molar-refractivity contribution in [3.63, 3.8) is 0 Å². The highest BCUT2D eigenvalue weighted by atomic mass is 32.1. The van der Waals surface area contributed by atoms with Gasteiger partial charge in [-0.05, 0) is 49.1 Å². The van der Waals surface area contributed by atoms with Crippen molar-refractivity contribution in [2.45, 2.75) is 44.7 Å². The molecule has 0 aromatic carbocycles. The molecule has 1 atom stereocenters. The predicted octanol–water partition coefficient (Wildman–Crippen LogP) is 2.41. The Kier molecular flexibility index (Phi) is 3.55. The summed E-state index contributed by atoms with van der Waals surface area (Å²) < 4.78 is 2.80. The molecule has 6 nitrogen and oxygen atoms in total. The van der Waals surface area contributed by atoms with Gasteiger partial charge in [-0.15, -0.1) is 11.3 Å². The Hall–Kier alpha value is -2.28. The summed E-state index contributed by atoms with van der Waals surface area (Å²) >= 11 is 1.68. The van der Waals surface area contributed by atoms with E-state index >= 15 is 0 Å². The maximum absolute atomic E-state index is 12.4. The van der Waals surface area contributed by atoms with Crippen LogP contribution in [0.4, 0.5) is 5.82 Å². The van der Waals surface area contributed by atoms with Crippen LogP contribution in [-0.2, 0) is 19.4 Å². The van der Waals surface area contributed by atoms with Crippen LogP contribution in [-0.4, -0.2) is 32.3 Å². The number of anilines is 1. The largest absolute Gasteiger partial charge is 0.350 e. The molecule has 3 aromatic heterocycles. The second-order valence-electron chi connectivity index (χ2n) is 6.81. The van der Waals surface area contributed by atoms with E-state index in [9.17, 15) is 4.79 Å². The second kappa shape index (κ2) is 5.91. The molecular formula is C18H19N5OS. The fraction of sp³-hybridized carbons (Fsp3) is 0.444. The molecule has 7 heteroatoms. The van der Waals surface area contributed by atoms with Crippen molar-refractivity contribution in [3.05, 3.63) is 45.5 Å². The first-order chi connectivity index (χ1) is 12.3. The lowest BCUT2D eigenvalue weighted by molar-refractivity contribution is 0.482. The van der Waals surface area contributed by atoms with E-state index in [0.29, 0.717) is 6.54 Å². The van der Waals surface area contributed by atoms with E-state index in [4.69, 9.17) is 0 Å². The number of nitrogens with zero attached hydrogens (tertiary/aromatic N) is 5. The van der Waals surface area contributed by atoms with Crippen molar-refractivity contribution in [1.82, 2.24) is 19.7 Å². The lowest BCUT2D eigenvalue weighted by Crippen LogP contribution is -2.37. The summed E-state index contributed by atoms with van der Waals surface area (Å²) in [5.41, 5.74) is 3.26. The Morgan fingerprint density at radius 2 is 2.20 bits per heavy atom. The molecule has 0 amide bonds. The summed E-state index contributed by atoms with van der Waals surface area (Å²) in [6, 6.07) is 4.07. The smallest absolute Gasteiger partial charge is 0.267 e. The summed E-state index contributed by atoms with van der Waals surface area (Å²) in [6.07, 6.45) is 6.90. The molecule has 4 heterocycles. The zero-order valence-corrected chi connectivity index (χ0v) is 14.7. The van der Waals surface area contributed by atoms with Crippen molar-refractivity contribution < 1.29 is 0 Å². The molecule has 1 aliphatic carbocycles. The maximum atomic E-state index is 12.4. The molecule has 1 aliphatic heterocycles. The summed E-state index contributed by atoms with van der Waals surface area (Å²) in [4.78, 5) is 23.7. The molecule has 25 heavy (non-hydrogen) atoms. The van der Waals surface area contributed by atoms with Crippen LogP contribution in [0.15, 0.2) is 28.6 Å². The maximum Gasteiger partial charge on any atom is 0.267 e. The van der Waals surface area contributed by atoms with Crippen molar-refractivity contribution in [2.24, 2.45) is 0 Å². The first-order valence-electron chi connectivity index (χ1n) is 8.84. The molecule has 2 aliphatic rings. The van der Waals surface area contributed by atoms with E-state index in [2.05, 4.69) is 25.3 Å². The number of hydrogen-bond donors (Lipinski definition) is 0. The third-order valence-electron chi connectivity index (χ3n) is 5.28. The molecule has 0 radical (unpaired) electrons. The zero-order chi connectivity index (χ0) is 16.8. The fourth-order valence-electron chi connectivity index (χ4n) is 4.05. The van der Waals surface area contributed by atoms with Gasteiger partial charge in [0.1, 0.15) is 12.1 Å². The highest BCUT2D eigenvalue weighted by Gasteiger charge is 2.29. The molecule has 1 saturated heterocycles. The first-order valence-corrected chi connectivity index (χ1v) is 9.72. The molecule has 3 aromatic rings. The zero-order valence-electron chi connectivity index (χ0n) is 13.9. The van der Waals surface area contributed by atoms with Crippen molar-refractivity contribution in [3.8, 4) is 0 Å². The molecule has 1 unspecified atom stereocenters. The third-order valence-corrected chi connectivity index (χ3v) is 6.18. The molecule has 1 fully saturated rings. The highest BCUT2D eigenvalue weighted by molar-refractivity contribution is 7.17. The molecule has 128 valence electrons. The lowest BCUT2D eigenvalue weighted by atomic mass is 10.2. The van der Waals surface area contributed by atoms with E-state index in [1.807, 2.05) is 6.07 Å². The van der Waals surface area contributed by atoms with Gasteiger partial charge in [-0.2, -0.15) is 5.10 Å². The van der Waals surface area contributed by atoms with Gasteiger partial charge in [0.2, 0.25) is 0 Å². The molecule has 0 saturated carbocycles. The second-order valence-corrected chi connectivity index (χ2v) is 7.73. The number of aryl methyl sites for hydroxylation is 2. The molecular weight excluding hydrogens is 334 g/mol. The van der Waals surface area contributed by atoms with Gasteiger partial charge < -0.3 is 4.90 Å². The van der Waals surface area contributed by atoms with Crippen LogP contribution >= 0.6 is 11.3 Å². The van der Waals surface area contributed by atoms with Gasteiger partial charge in [-0.1, -0.05) is 0 Å². The lowest BCUT2D eigenvalue weighted by Gasteiger charge is -2.26. The van der Waals surface area contributed by atoms with Crippen LogP contribution in [0.1, 0.15) is 30.5 Å². The summed E-state index contributed by atoms with van der Waals surface area (Å²) in [6.45, 7) is 1.59. The SMILES string of the molecule is O=c1cc2c(nn1CC1CCCN1c1ncnc3ccsc13)CCC2. The number of fused-ring (bicyclic) bond motifs is 2. The van der Waals surface area contributed by atoms with E-state index in [1.54, 1.807) is 28.4 Å². The third kappa shape index (κ3) is 2.54. The van der Waals surface area contributed by atoms with Crippen LogP contribution in [0.25, 0.3) is 10.2 Å². The number of aromatic nitrogens is 4. The van der Waals surface area contributed by atoms with Gasteiger partial charge in [-0.3, -0.25) is 4.79 Å². The van der Waals surface area contributed by atoms with E-state index in [1.165, 1.54) is 0 Å². The topological polar surface area (TPSA) is 63.9 Å². The van der Waals surface area contributed by atoms with E-state index < -0.39 is 0 Å². The number of thiophene rings is 1. The van der Waals surface area contributed by atoms with Gasteiger partial charge in [0.25, 0.3) is 5.56 Å². The van der Waals surface area contributed by atoms with Gasteiger partial charge >= 0.3 is 0 Å². The summed E-state index contributed by atoms with van der Waals surface area (Å²) in [7, 11) is 0. The number of hydrogen-bond acceptors (Lipinski definition) is 6. The first kappa shape index (κ1) is 15.0. The van der Waals surface area contributed by atoms with Gasteiger partial charge in [-0.25, -0.2) is 14.6 Å². The highest BCUT2D eigenvalue weighted by Crippen LogP contribution is 2.32. The van der Waals surface area contributed by atoms with Crippen LogP contribution < -0.4 is 10.5 Å². The number of rotatable bonds is 3. The van der Waals surface area contributed by atoms with Crippen LogP contribution in [0.2, 0.25) is 0 Å². The van der Waals surface area contributed by atoms with Crippen molar-refractivity contribution in [1.29, 1.82) is 0 Å². The van der Waals surface area contributed by atoms with E-state index in [-0.39, 0.29) is 11.6 Å². The average molecular weight is 353 g/mol. The summed E-state index contributed by atoms with van der Waals surface area (Å²) in [5.74, 6) is 0.997. The minimum atomic E-state index is 0.0245. The van der Waals surface area contributed by atoms with Crippen LogP contribution in [0.3, 0.4) is 0 Å². The van der Waals surface area contributed by atoms with Gasteiger partial charge in [0.15, 0.2) is 0 Å². The van der Waals surface area contributed by atoms with Gasteiger partial charge in [0.05, 0.1) is 28.5 Å². The quantitative estimate of drug-likeness (QED) is 0.723. The Labute approximate surface area is 149 Å². The Morgan fingerprint density at radius 1 is 1.24 bits per heavy atom. The predicted molar refractivity (Wildman–Crippen MR) is 98.3 cm³/mol. The normalized spacial score (nSPS) is 19.7. The van der Waals surface area contributed by atoms with Crippen LogP contribution in [0, 0.1) is 0 Å². The molecule has 0 spiro atoms. The Balaban J connectivity index is 1.48. The monoisotopic (exact) mass is 353 g/mol.